The Bertz CT molecular complexity index is 677. The molecule has 0 radical (unpaired) electrons. The summed E-state index contributed by atoms with van der Waals surface area (Å²) in [6.45, 7) is 2.72. The summed E-state index contributed by atoms with van der Waals surface area (Å²) in [6, 6.07) is 7.02. The number of fused-ring (bicyclic) bond motifs is 1. The first-order valence-corrected chi connectivity index (χ1v) is 7.26. The molecule has 0 aliphatic carbocycles. The molecule has 1 aromatic carbocycles. The molecule has 1 aliphatic heterocycles. The van der Waals surface area contributed by atoms with Gasteiger partial charge in [-0.05, 0) is 38.0 Å². The summed E-state index contributed by atoms with van der Waals surface area (Å²) in [4.78, 5) is 29.5. The van der Waals surface area contributed by atoms with Gasteiger partial charge in [0, 0.05) is 29.2 Å². The second-order valence-corrected chi connectivity index (χ2v) is 5.15. The van der Waals surface area contributed by atoms with Gasteiger partial charge in [0.05, 0.1) is 6.61 Å². The largest absolute Gasteiger partial charge is 0.464 e. The lowest BCUT2D eigenvalue weighted by Crippen LogP contribution is -2.41. The van der Waals surface area contributed by atoms with E-state index in [1.165, 1.54) is 0 Å². The Balaban J connectivity index is 1.90. The summed E-state index contributed by atoms with van der Waals surface area (Å²) in [5.74, 6) is -0.402. The molecule has 0 spiro atoms. The molecule has 1 aliphatic rings. The quantitative estimate of drug-likeness (QED) is 0.881. The number of carbonyl (C=O) groups is 2. The highest BCUT2D eigenvalue weighted by Gasteiger charge is 2.35. The van der Waals surface area contributed by atoms with Gasteiger partial charge >= 0.3 is 5.97 Å². The van der Waals surface area contributed by atoms with Crippen molar-refractivity contribution in [1.82, 2.24) is 9.88 Å². The van der Waals surface area contributed by atoms with Gasteiger partial charge in [-0.1, -0.05) is 6.07 Å². The number of nitrogens with zero attached hydrogens (tertiary/aromatic N) is 1. The van der Waals surface area contributed by atoms with Crippen molar-refractivity contribution in [1.29, 1.82) is 0 Å². The number of esters is 1. The van der Waals surface area contributed by atoms with Crippen LogP contribution in [-0.2, 0) is 9.53 Å². The van der Waals surface area contributed by atoms with Crippen molar-refractivity contribution in [3.63, 3.8) is 0 Å². The molecule has 5 heteroatoms. The number of amides is 1. The molecular formula is C16H18N2O3. The van der Waals surface area contributed by atoms with Crippen LogP contribution in [0.4, 0.5) is 0 Å². The van der Waals surface area contributed by atoms with E-state index in [2.05, 4.69) is 4.98 Å². The SMILES string of the molecule is CCOC(=O)C1CCCN1C(=O)c1cccc2[nH]ccc12. The minimum Gasteiger partial charge on any atom is -0.464 e. The zero-order chi connectivity index (χ0) is 14.8. The minimum atomic E-state index is -0.452. The first-order chi connectivity index (χ1) is 10.2. The number of aromatic nitrogens is 1. The van der Waals surface area contributed by atoms with Crippen molar-refractivity contribution in [2.24, 2.45) is 0 Å². The molecule has 0 saturated carbocycles. The fraction of sp³-hybridized carbons (Fsp3) is 0.375. The molecule has 0 bridgehead atoms. The maximum Gasteiger partial charge on any atom is 0.328 e. The van der Waals surface area contributed by atoms with Crippen LogP contribution < -0.4 is 0 Å². The number of ether oxygens (including phenoxy) is 1. The minimum absolute atomic E-state index is 0.101. The van der Waals surface area contributed by atoms with Crippen LogP contribution in [0.25, 0.3) is 10.9 Å². The Hall–Kier alpha value is -2.30. The predicted molar refractivity (Wildman–Crippen MR) is 79.0 cm³/mol. The van der Waals surface area contributed by atoms with Crippen LogP contribution in [0.15, 0.2) is 30.5 Å². The third kappa shape index (κ3) is 2.39. The summed E-state index contributed by atoms with van der Waals surface area (Å²) in [6.07, 6.45) is 3.32. The van der Waals surface area contributed by atoms with E-state index in [0.717, 1.165) is 17.3 Å². The molecule has 5 nitrogen and oxygen atoms in total. The van der Waals surface area contributed by atoms with E-state index >= 15 is 0 Å². The summed E-state index contributed by atoms with van der Waals surface area (Å²) in [5.41, 5.74) is 1.55. The molecule has 1 atom stereocenters. The Morgan fingerprint density at radius 2 is 2.24 bits per heavy atom. The van der Waals surface area contributed by atoms with E-state index in [4.69, 9.17) is 4.74 Å². The lowest BCUT2D eigenvalue weighted by Gasteiger charge is -2.23. The zero-order valence-electron chi connectivity index (χ0n) is 12.0. The zero-order valence-corrected chi connectivity index (χ0v) is 12.0. The van der Waals surface area contributed by atoms with Crippen molar-refractivity contribution in [2.75, 3.05) is 13.2 Å². The maximum absolute atomic E-state index is 12.8. The number of carbonyl (C=O) groups excluding carboxylic acids is 2. The molecule has 1 unspecified atom stereocenters. The van der Waals surface area contributed by atoms with E-state index in [9.17, 15) is 9.59 Å². The Labute approximate surface area is 122 Å². The Kier molecular flexibility index (Phi) is 3.64. The molecule has 1 fully saturated rings. The number of aromatic amines is 1. The second-order valence-electron chi connectivity index (χ2n) is 5.15. The van der Waals surface area contributed by atoms with Crippen molar-refractivity contribution < 1.29 is 14.3 Å². The van der Waals surface area contributed by atoms with Crippen molar-refractivity contribution in [2.45, 2.75) is 25.8 Å². The highest BCUT2D eigenvalue weighted by Crippen LogP contribution is 2.25. The molecule has 1 aromatic heterocycles. The lowest BCUT2D eigenvalue weighted by atomic mass is 10.1. The van der Waals surface area contributed by atoms with Crippen LogP contribution in [0.3, 0.4) is 0 Å². The van der Waals surface area contributed by atoms with Crippen LogP contribution in [0, 0.1) is 0 Å². The van der Waals surface area contributed by atoms with Gasteiger partial charge < -0.3 is 14.6 Å². The van der Waals surface area contributed by atoms with Crippen molar-refractivity contribution in [3.8, 4) is 0 Å². The molecule has 3 rings (SSSR count). The molecule has 1 N–H and O–H groups in total. The maximum atomic E-state index is 12.8. The van der Waals surface area contributed by atoms with Crippen LogP contribution in [0.2, 0.25) is 0 Å². The Morgan fingerprint density at radius 3 is 3.05 bits per heavy atom. The number of nitrogens with one attached hydrogen (secondary N) is 1. The number of rotatable bonds is 3. The smallest absolute Gasteiger partial charge is 0.328 e. The van der Waals surface area contributed by atoms with Gasteiger partial charge in [-0.15, -0.1) is 0 Å². The molecule has 21 heavy (non-hydrogen) atoms. The molecule has 2 aromatic rings. The number of likely N-dealkylation sites (tertiary alicyclic amines) is 1. The third-order valence-electron chi connectivity index (χ3n) is 3.90. The molecule has 2 heterocycles. The number of benzene rings is 1. The normalized spacial score (nSPS) is 18.1. The summed E-state index contributed by atoms with van der Waals surface area (Å²) >= 11 is 0. The fourth-order valence-corrected chi connectivity index (χ4v) is 2.92. The number of H-pyrrole nitrogens is 1. The van der Waals surface area contributed by atoms with Crippen LogP contribution in [0.5, 0.6) is 0 Å². The van der Waals surface area contributed by atoms with E-state index in [0.29, 0.717) is 25.1 Å². The number of hydrogen-bond acceptors (Lipinski definition) is 3. The first-order valence-electron chi connectivity index (χ1n) is 7.26. The average molecular weight is 286 g/mol. The number of hydrogen-bond donors (Lipinski definition) is 1. The van der Waals surface area contributed by atoms with Gasteiger partial charge in [0.25, 0.3) is 5.91 Å². The standard InChI is InChI=1S/C16H18N2O3/c1-2-21-16(20)14-7-4-10-18(14)15(19)12-5-3-6-13-11(12)8-9-17-13/h3,5-6,8-9,14,17H,2,4,7,10H2,1H3. The van der Waals surface area contributed by atoms with Crippen molar-refractivity contribution >= 4 is 22.8 Å². The lowest BCUT2D eigenvalue weighted by molar-refractivity contribution is -0.147. The molecule has 1 amide bonds. The average Bonchev–Trinajstić information content (AvgIpc) is 3.15. The first kappa shape index (κ1) is 13.7. The molecular weight excluding hydrogens is 268 g/mol. The second kappa shape index (κ2) is 5.60. The van der Waals surface area contributed by atoms with Gasteiger partial charge in [0.15, 0.2) is 0 Å². The van der Waals surface area contributed by atoms with E-state index in [1.807, 2.05) is 24.4 Å². The predicted octanol–water partition coefficient (Wildman–Crippen LogP) is 2.34. The topological polar surface area (TPSA) is 62.4 Å². The van der Waals surface area contributed by atoms with Gasteiger partial charge in [-0.25, -0.2) is 4.79 Å². The van der Waals surface area contributed by atoms with Gasteiger partial charge in [-0.2, -0.15) is 0 Å². The summed E-state index contributed by atoms with van der Waals surface area (Å²) in [7, 11) is 0. The highest BCUT2D eigenvalue weighted by atomic mass is 16.5. The molecule has 1 saturated heterocycles. The van der Waals surface area contributed by atoms with Gasteiger partial charge in [0.1, 0.15) is 6.04 Å². The monoisotopic (exact) mass is 286 g/mol. The van der Waals surface area contributed by atoms with E-state index < -0.39 is 6.04 Å². The van der Waals surface area contributed by atoms with Gasteiger partial charge in [-0.3, -0.25) is 4.79 Å². The van der Waals surface area contributed by atoms with Crippen LogP contribution in [-0.4, -0.2) is 41.0 Å². The van der Waals surface area contributed by atoms with Crippen molar-refractivity contribution in [3.05, 3.63) is 36.0 Å². The third-order valence-corrected chi connectivity index (χ3v) is 3.90. The highest BCUT2D eigenvalue weighted by molar-refractivity contribution is 6.07. The van der Waals surface area contributed by atoms with Gasteiger partial charge in [0.2, 0.25) is 0 Å². The van der Waals surface area contributed by atoms with Crippen LogP contribution >= 0.6 is 0 Å². The van der Waals surface area contributed by atoms with E-state index in [-0.39, 0.29) is 11.9 Å². The van der Waals surface area contributed by atoms with Crippen LogP contribution in [0.1, 0.15) is 30.1 Å². The molecule has 110 valence electrons. The Morgan fingerprint density at radius 1 is 1.38 bits per heavy atom. The van der Waals surface area contributed by atoms with E-state index in [1.54, 1.807) is 17.9 Å². The fourth-order valence-electron chi connectivity index (χ4n) is 2.92. The summed E-state index contributed by atoms with van der Waals surface area (Å²) < 4.78 is 5.08. The summed E-state index contributed by atoms with van der Waals surface area (Å²) in [5, 5.41) is 0.886.